The van der Waals surface area contributed by atoms with Gasteiger partial charge in [-0.15, -0.1) is 0 Å². The zero-order valence-electron chi connectivity index (χ0n) is 13.8. The van der Waals surface area contributed by atoms with E-state index in [9.17, 15) is 4.79 Å². The highest BCUT2D eigenvalue weighted by Gasteiger charge is 2.08. The van der Waals surface area contributed by atoms with Crippen LogP contribution in [-0.2, 0) is 0 Å². The molecule has 0 aliphatic heterocycles. The summed E-state index contributed by atoms with van der Waals surface area (Å²) in [6.45, 7) is 4.07. The molecular weight excluding hydrogens is 304 g/mol. The number of hydrogen-bond donors (Lipinski definition) is 0. The monoisotopic (exact) mass is 324 g/mol. The van der Waals surface area contributed by atoms with Crippen LogP contribution in [0.5, 0.6) is 17.2 Å². The SMILES string of the molecule is C=CCOc1ccc(C=CC(=O)c2ccc(OC)c(OC)c2)cc1. The fraction of sp³-hybridized carbons (Fsp3) is 0.150. The van der Waals surface area contributed by atoms with E-state index in [2.05, 4.69) is 6.58 Å². The number of ether oxygens (including phenoxy) is 3. The van der Waals surface area contributed by atoms with Gasteiger partial charge in [-0.05, 0) is 42.0 Å². The summed E-state index contributed by atoms with van der Waals surface area (Å²) >= 11 is 0. The molecule has 2 rings (SSSR count). The van der Waals surface area contributed by atoms with E-state index in [1.165, 1.54) is 13.2 Å². The average Bonchev–Trinajstić information content (AvgIpc) is 2.64. The van der Waals surface area contributed by atoms with Gasteiger partial charge in [0.15, 0.2) is 17.3 Å². The molecule has 0 heterocycles. The summed E-state index contributed by atoms with van der Waals surface area (Å²) in [7, 11) is 3.10. The van der Waals surface area contributed by atoms with Gasteiger partial charge in [-0.1, -0.05) is 30.9 Å². The van der Waals surface area contributed by atoms with E-state index < -0.39 is 0 Å². The number of methoxy groups -OCH3 is 2. The topological polar surface area (TPSA) is 44.8 Å². The standard InChI is InChI=1S/C20H20O4/c1-4-13-24-17-9-5-15(6-10-17)7-11-18(21)16-8-12-19(22-2)20(14-16)23-3/h4-12,14H,1,13H2,2-3H3. The van der Waals surface area contributed by atoms with Crippen molar-refractivity contribution in [3.8, 4) is 17.2 Å². The first-order chi connectivity index (χ1) is 11.7. The molecule has 0 radical (unpaired) electrons. The Morgan fingerprint density at radius 1 is 1.04 bits per heavy atom. The Labute approximate surface area is 142 Å². The van der Waals surface area contributed by atoms with Crippen LogP contribution in [0.15, 0.2) is 61.2 Å². The number of rotatable bonds is 8. The summed E-state index contributed by atoms with van der Waals surface area (Å²) < 4.78 is 15.8. The molecule has 2 aromatic carbocycles. The van der Waals surface area contributed by atoms with Crippen molar-refractivity contribution in [3.05, 3.63) is 72.3 Å². The van der Waals surface area contributed by atoms with Crippen LogP contribution in [0, 0.1) is 0 Å². The van der Waals surface area contributed by atoms with Crippen molar-refractivity contribution in [1.82, 2.24) is 0 Å². The van der Waals surface area contributed by atoms with E-state index in [1.54, 1.807) is 37.5 Å². The molecule has 0 saturated carbocycles. The molecule has 2 aromatic rings. The Bertz CT molecular complexity index is 730. The molecule has 0 spiro atoms. The quantitative estimate of drug-likeness (QED) is 0.415. The first-order valence-corrected chi connectivity index (χ1v) is 7.46. The van der Waals surface area contributed by atoms with Crippen molar-refractivity contribution in [1.29, 1.82) is 0 Å². The fourth-order valence-corrected chi connectivity index (χ4v) is 2.09. The van der Waals surface area contributed by atoms with Gasteiger partial charge in [0.2, 0.25) is 0 Å². The van der Waals surface area contributed by atoms with Crippen LogP contribution in [0.1, 0.15) is 15.9 Å². The Hall–Kier alpha value is -3.01. The molecule has 0 N–H and O–H groups in total. The van der Waals surface area contributed by atoms with Crippen molar-refractivity contribution in [2.75, 3.05) is 20.8 Å². The molecule has 0 amide bonds. The molecule has 0 fully saturated rings. The Morgan fingerprint density at radius 2 is 1.75 bits per heavy atom. The second-order valence-corrected chi connectivity index (χ2v) is 4.94. The normalized spacial score (nSPS) is 10.4. The van der Waals surface area contributed by atoms with Crippen LogP contribution < -0.4 is 14.2 Å². The highest BCUT2D eigenvalue weighted by Crippen LogP contribution is 2.27. The third-order valence-electron chi connectivity index (χ3n) is 3.34. The van der Waals surface area contributed by atoms with Gasteiger partial charge in [0.1, 0.15) is 12.4 Å². The number of hydrogen-bond acceptors (Lipinski definition) is 4. The zero-order valence-corrected chi connectivity index (χ0v) is 13.8. The molecule has 0 aliphatic rings. The number of carbonyl (C=O) groups is 1. The predicted molar refractivity (Wildman–Crippen MR) is 95.0 cm³/mol. The van der Waals surface area contributed by atoms with Crippen LogP contribution >= 0.6 is 0 Å². The molecule has 0 aliphatic carbocycles. The fourth-order valence-electron chi connectivity index (χ4n) is 2.09. The van der Waals surface area contributed by atoms with Gasteiger partial charge < -0.3 is 14.2 Å². The molecular formula is C20H20O4. The highest BCUT2D eigenvalue weighted by atomic mass is 16.5. The maximum Gasteiger partial charge on any atom is 0.185 e. The Kier molecular flexibility index (Phi) is 6.20. The van der Waals surface area contributed by atoms with Crippen LogP contribution in [-0.4, -0.2) is 26.6 Å². The minimum Gasteiger partial charge on any atom is -0.493 e. The highest BCUT2D eigenvalue weighted by molar-refractivity contribution is 6.07. The van der Waals surface area contributed by atoms with Crippen molar-refractivity contribution >= 4 is 11.9 Å². The summed E-state index contributed by atoms with van der Waals surface area (Å²) in [5, 5.41) is 0. The average molecular weight is 324 g/mol. The molecule has 0 unspecified atom stereocenters. The van der Waals surface area contributed by atoms with Gasteiger partial charge in [-0.2, -0.15) is 0 Å². The van der Waals surface area contributed by atoms with E-state index >= 15 is 0 Å². The summed E-state index contributed by atoms with van der Waals surface area (Å²) in [6, 6.07) is 12.6. The molecule has 124 valence electrons. The summed E-state index contributed by atoms with van der Waals surface area (Å²) in [5.41, 5.74) is 1.45. The maximum atomic E-state index is 12.3. The zero-order chi connectivity index (χ0) is 17.4. The summed E-state index contributed by atoms with van der Waals surface area (Å²) in [4.78, 5) is 12.3. The Balaban J connectivity index is 2.08. The number of allylic oxidation sites excluding steroid dienone is 1. The molecule has 4 nitrogen and oxygen atoms in total. The number of benzene rings is 2. The van der Waals surface area contributed by atoms with Gasteiger partial charge in [0.05, 0.1) is 14.2 Å². The van der Waals surface area contributed by atoms with E-state index in [0.29, 0.717) is 23.7 Å². The van der Waals surface area contributed by atoms with Gasteiger partial charge in [-0.3, -0.25) is 4.79 Å². The van der Waals surface area contributed by atoms with Gasteiger partial charge >= 0.3 is 0 Å². The van der Waals surface area contributed by atoms with E-state index in [1.807, 2.05) is 24.3 Å². The molecule has 24 heavy (non-hydrogen) atoms. The van der Waals surface area contributed by atoms with E-state index in [0.717, 1.165) is 11.3 Å². The van der Waals surface area contributed by atoms with Gasteiger partial charge in [0.25, 0.3) is 0 Å². The molecule has 0 atom stereocenters. The smallest absolute Gasteiger partial charge is 0.185 e. The van der Waals surface area contributed by atoms with Crippen LogP contribution in [0.2, 0.25) is 0 Å². The van der Waals surface area contributed by atoms with Crippen LogP contribution in [0.25, 0.3) is 6.08 Å². The molecule has 0 aromatic heterocycles. The molecule has 4 heteroatoms. The van der Waals surface area contributed by atoms with E-state index in [-0.39, 0.29) is 5.78 Å². The summed E-state index contributed by atoms with van der Waals surface area (Å²) in [6.07, 6.45) is 4.98. The van der Waals surface area contributed by atoms with E-state index in [4.69, 9.17) is 14.2 Å². The lowest BCUT2D eigenvalue weighted by Crippen LogP contribution is -1.97. The van der Waals surface area contributed by atoms with Crippen molar-refractivity contribution in [2.45, 2.75) is 0 Å². The van der Waals surface area contributed by atoms with Crippen LogP contribution in [0.4, 0.5) is 0 Å². The minimum absolute atomic E-state index is 0.108. The third kappa shape index (κ3) is 4.49. The molecule has 0 bridgehead atoms. The largest absolute Gasteiger partial charge is 0.493 e. The first-order valence-electron chi connectivity index (χ1n) is 7.46. The van der Waals surface area contributed by atoms with Crippen molar-refractivity contribution in [3.63, 3.8) is 0 Å². The van der Waals surface area contributed by atoms with Gasteiger partial charge in [-0.25, -0.2) is 0 Å². The Morgan fingerprint density at radius 3 is 2.38 bits per heavy atom. The third-order valence-corrected chi connectivity index (χ3v) is 3.34. The van der Waals surface area contributed by atoms with Crippen molar-refractivity contribution < 1.29 is 19.0 Å². The minimum atomic E-state index is -0.108. The van der Waals surface area contributed by atoms with Crippen LogP contribution in [0.3, 0.4) is 0 Å². The maximum absolute atomic E-state index is 12.3. The number of carbonyl (C=O) groups excluding carboxylic acids is 1. The molecule has 0 saturated heterocycles. The lowest BCUT2D eigenvalue weighted by Gasteiger charge is -2.08. The lowest BCUT2D eigenvalue weighted by atomic mass is 10.1. The summed E-state index contributed by atoms with van der Waals surface area (Å²) in [5.74, 6) is 1.77. The number of ketones is 1. The second-order valence-electron chi connectivity index (χ2n) is 4.94. The second kappa shape index (κ2) is 8.58. The predicted octanol–water partition coefficient (Wildman–Crippen LogP) is 4.16. The lowest BCUT2D eigenvalue weighted by molar-refractivity contribution is 0.104. The first kappa shape index (κ1) is 17.3. The van der Waals surface area contributed by atoms with Gasteiger partial charge in [0, 0.05) is 5.56 Å². The van der Waals surface area contributed by atoms with Crippen molar-refractivity contribution in [2.24, 2.45) is 0 Å².